The van der Waals surface area contributed by atoms with E-state index in [-0.39, 0.29) is 36.6 Å². The van der Waals surface area contributed by atoms with E-state index in [0.29, 0.717) is 10.0 Å². The molecule has 3 nitrogen and oxygen atoms in total. The molecule has 2 N–H and O–H groups in total. The number of piperazine rings is 1. The van der Waals surface area contributed by atoms with Crippen LogP contribution >= 0.6 is 48.0 Å². The molecule has 126 valence electrons. The lowest BCUT2D eigenvalue weighted by Gasteiger charge is -2.35. The number of nitrogens with one attached hydrogen (secondary N) is 1. The molecule has 0 spiro atoms. The maximum Gasteiger partial charge on any atom is 0.123 e. The lowest BCUT2D eigenvalue weighted by Crippen LogP contribution is -2.45. The van der Waals surface area contributed by atoms with Crippen molar-refractivity contribution in [2.75, 3.05) is 26.2 Å². The van der Waals surface area contributed by atoms with E-state index >= 15 is 0 Å². The van der Waals surface area contributed by atoms with Crippen LogP contribution in [0.4, 0.5) is 0 Å². The third kappa shape index (κ3) is 5.48. The van der Waals surface area contributed by atoms with Gasteiger partial charge in [-0.15, -0.1) is 31.4 Å². The average Bonchev–Trinajstić information content (AvgIpc) is 2.42. The van der Waals surface area contributed by atoms with E-state index in [1.807, 2.05) is 6.08 Å². The number of hydrogen-bond donors (Lipinski definition) is 2. The summed E-state index contributed by atoms with van der Waals surface area (Å²) >= 11 is 12.2. The van der Waals surface area contributed by atoms with Crippen LogP contribution in [0.1, 0.15) is 24.4 Å². The Morgan fingerprint density at radius 1 is 1.27 bits per heavy atom. The molecule has 1 aliphatic heterocycles. The quantitative estimate of drug-likeness (QED) is 0.732. The third-order valence-electron chi connectivity index (χ3n) is 3.64. The van der Waals surface area contributed by atoms with Crippen LogP contribution in [0.15, 0.2) is 24.8 Å². The molecule has 2 rings (SSSR count). The molecule has 0 saturated carbocycles. The van der Waals surface area contributed by atoms with Crippen molar-refractivity contribution in [3.8, 4) is 5.75 Å². The van der Waals surface area contributed by atoms with Gasteiger partial charge in [-0.2, -0.15) is 0 Å². The molecule has 1 aromatic rings. The minimum atomic E-state index is 0. The van der Waals surface area contributed by atoms with Gasteiger partial charge in [-0.1, -0.05) is 29.3 Å². The van der Waals surface area contributed by atoms with Crippen LogP contribution in [0.3, 0.4) is 0 Å². The zero-order valence-corrected chi connectivity index (χ0v) is 15.4. The predicted molar refractivity (Wildman–Crippen MR) is 99.2 cm³/mol. The second kappa shape index (κ2) is 10.6. The largest absolute Gasteiger partial charge is 0.508 e. The van der Waals surface area contributed by atoms with Gasteiger partial charge in [0, 0.05) is 42.8 Å². The zero-order chi connectivity index (χ0) is 14.5. The number of aromatic hydroxyl groups is 1. The molecule has 1 heterocycles. The van der Waals surface area contributed by atoms with E-state index in [4.69, 9.17) is 23.2 Å². The van der Waals surface area contributed by atoms with Crippen molar-refractivity contribution in [3.63, 3.8) is 0 Å². The highest BCUT2D eigenvalue weighted by atomic mass is 35.5. The van der Waals surface area contributed by atoms with Gasteiger partial charge in [0.25, 0.3) is 0 Å². The highest BCUT2D eigenvalue weighted by Crippen LogP contribution is 2.39. The van der Waals surface area contributed by atoms with Gasteiger partial charge >= 0.3 is 0 Å². The Morgan fingerprint density at radius 3 is 2.45 bits per heavy atom. The van der Waals surface area contributed by atoms with E-state index in [9.17, 15) is 5.11 Å². The van der Waals surface area contributed by atoms with Gasteiger partial charge in [0.15, 0.2) is 0 Å². The van der Waals surface area contributed by atoms with Crippen LogP contribution in [0, 0.1) is 0 Å². The van der Waals surface area contributed by atoms with E-state index < -0.39 is 0 Å². The Labute approximate surface area is 154 Å². The standard InChI is InChI=1S/C15H20Cl2N2O.2ClH/c1-2-3-4-13(19-7-5-18-6-8-19)15-12(17)9-11(16)10-14(15)20;;/h2,9-10,13,18,20H,1,3-8H2;2*1H/t13-;;/m0../s1. The maximum absolute atomic E-state index is 10.2. The first kappa shape index (κ1) is 21.8. The Hall–Kier alpha value is -0.160. The molecule has 1 fully saturated rings. The van der Waals surface area contributed by atoms with Gasteiger partial charge in [-0.25, -0.2) is 0 Å². The number of halogens is 4. The van der Waals surface area contributed by atoms with Gasteiger partial charge in [0.1, 0.15) is 5.75 Å². The van der Waals surface area contributed by atoms with Crippen molar-refractivity contribution in [2.45, 2.75) is 18.9 Å². The fraction of sp³-hybridized carbons (Fsp3) is 0.467. The number of benzene rings is 1. The Bertz CT molecular complexity index is 456. The Kier molecular flexibility index (Phi) is 10.5. The summed E-state index contributed by atoms with van der Waals surface area (Å²) < 4.78 is 0. The number of rotatable bonds is 5. The van der Waals surface area contributed by atoms with Crippen molar-refractivity contribution in [1.82, 2.24) is 10.2 Å². The first-order valence-corrected chi connectivity index (χ1v) is 7.62. The highest BCUT2D eigenvalue weighted by Gasteiger charge is 2.26. The summed E-state index contributed by atoms with van der Waals surface area (Å²) in [5, 5.41) is 14.6. The summed E-state index contributed by atoms with van der Waals surface area (Å²) in [5.41, 5.74) is 0.778. The topological polar surface area (TPSA) is 35.5 Å². The smallest absolute Gasteiger partial charge is 0.123 e. The summed E-state index contributed by atoms with van der Waals surface area (Å²) in [5.74, 6) is 0.176. The van der Waals surface area contributed by atoms with Crippen molar-refractivity contribution >= 4 is 48.0 Å². The van der Waals surface area contributed by atoms with Crippen LogP contribution in [0.5, 0.6) is 5.75 Å². The van der Waals surface area contributed by atoms with Crippen LogP contribution in [-0.4, -0.2) is 36.2 Å². The molecule has 0 unspecified atom stereocenters. The minimum Gasteiger partial charge on any atom is -0.508 e. The van der Waals surface area contributed by atoms with Gasteiger partial charge in [-0.3, -0.25) is 4.90 Å². The van der Waals surface area contributed by atoms with Crippen LogP contribution in [0.2, 0.25) is 10.0 Å². The number of phenolic OH excluding ortho intramolecular Hbond substituents is 1. The van der Waals surface area contributed by atoms with Crippen molar-refractivity contribution in [3.05, 3.63) is 40.4 Å². The van der Waals surface area contributed by atoms with Crippen molar-refractivity contribution in [1.29, 1.82) is 0 Å². The molecule has 0 aliphatic carbocycles. The number of nitrogens with zero attached hydrogens (tertiary/aromatic N) is 1. The van der Waals surface area contributed by atoms with Gasteiger partial charge in [0.2, 0.25) is 0 Å². The normalized spacial score (nSPS) is 16.3. The second-order valence-electron chi connectivity index (χ2n) is 4.99. The summed E-state index contributed by atoms with van der Waals surface area (Å²) in [7, 11) is 0. The molecule has 0 radical (unpaired) electrons. The SMILES string of the molecule is C=CCC[C@@H](c1c(O)cc(Cl)cc1Cl)N1CCNCC1.Cl.Cl. The lowest BCUT2D eigenvalue weighted by atomic mass is 9.98. The van der Waals surface area contributed by atoms with E-state index in [1.54, 1.807) is 12.1 Å². The molecule has 0 amide bonds. The van der Waals surface area contributed by atoms with Gasteiger partial charge in [-0.05, 0) is 25.0 Å². The summed E-state index contributed by atoms with van der Waals surface area (Å²) in [4.78, 5) is 2.36. The molecule has 0 aromatic heterocycles. The summed E-state index contributed by atoms with van der Waals surface area (Å²) in [6, 6.07) is 3.35. The molecule has 22 heavy (non-hydrogen) atoms. The fourth-order valence-corrected chi connectivity index (χ4v) is 3.29. The van der Waals surface area contributed by atoms with Crippen molar-refractivity contribution < 1.29 is 5.11 Å². The van der Waals surface area contributed by atoms with E-state index in [2.05, 4.69) is 16.8 Å². The van der Waals surface area contributed by atoms with E-state index in [0.717, 1.165) is 44.6 Å². The second-order valence-corrected chi connectivity index (χ2v) is 5.83. The monoisotopic (exact) mass is 386 g/mol. The predicted octanol–water partition coefficient (Wildman–Crippen LogP) is 4.46. The van der Waals surface area contributed by atoms with Gasteiger partial charge in [0.05, 0.1) is 5.02 Å². The molecular weight excluding hydrogens is 366 g/mol. The average molecular weight is 388 g/mol. The first-order chi connectivity index (χ1) is 9.63. The van der Waals surface area contributed by atoms with Crippen LogP contribution in [0.25, 0.3) is 0 Å². The molecule has 1 atom stereocenters. The minimum absolute atomic E-state index is 0. The molecule has 1 saturated heterocycles. The number of allylic oxidation sites excluding steroid dienone is 1. The Balaban J connectivity index is 0.00000220. The third-order valence-corrected chi connectivity index (χ3v) is 4.17. The highest BCUT2D eigenvalue weighted by molar-refractivity contribution is 6.35. The zero-order valence-electron chi connectivity index (χ0n) is 12.2. The van der Waals surface area contributed by atoms with Crippen LogP contribution in [-0.2, 0) is 0 Å². The lowest BCUT2D eigenvalue weighted by molar-refractivity contribution is 0.163. The summed E-state index contributed by atoms with van der Waals surface area (Å²) in [6.07, 6.45) is 3.67. The van der Waals surface area contributed by atoms with Crippen molar-refractivity contribution in [2.24, 2.45) is 0 Å². The van der Waals surface area contributed by atoms with E-state index in [1.165, 1.54) is 0 Å². The molecular formula is C15H22Cl4N2O. The van der Waals surface area contributed by atoms with Gasteiger partial charge < -0.3 is 10.4 Å². The molecule has 7 heteroatoms. The van der Waals surface area contributed by atoms with Crippen LogP contribution < -0.4 is 5.32 Å². The first-order valence-electron chi connectivity index (χ1n) is 6.87. The maximum atomic E-state index is 10.2. The summed E-state index contributed by atoms with van der Waals surface area (Å²) in [6.45, 7) is 7.58. The Morgan fingerprint density at radius 2 is 1.91 bits per heavy atom. The number of phenols is 1. The molecule has 1 aromatic carbocycles. The number of hydrogen-bond acceptors (Lipinski definition) is 3. The molecule has 1 aliphatic rings. The molecule has 0 bridgehead atoms. The fourth-order valence-electron chi connectivity index (χ4n) is 2.68.